The largest absolute Gasteiger partial charge is 0.459 e. The van der Waals surface area contributed by atoms with E-state index in [0.717, 1.165) is 0 Å². The van der Waals surface area contributed by atoms with Crippen LogP contribution in [0.4, 0.5) is 0 Å². The smallest absolute Gasteiger partial charge is 0.325 e. The second kappa shape index (κ2) is 9.75. The van der Waals surface area contributed by atoms with E-state index in [4.69, 9.17) is 4.74 Å². The van der Waals surface area contributed by atoms with Crippen molar-refractivity contribution in [2.24, 2.45) is 4.99 Å². The summed E-state index contributed by atoms with van der Waals surface area (Å²) in [5, 5.41) is 6.15. The molecule has 23 heavy (non-hydrogen) atoms. The zero-order valence-corrected chi connectivity index (χ0v) is 17.1. The van der Waals surface area contributed by atoms with Crippen LogP contribution in [0.25, 0.3) is 0 Å². The van der Waals surface area contributed by atoms with Gasteiger partial charge in [0.2, 0.25) is 0 Å². The molecule has 0 spiro atoms. The molecule has 1 aromatic carbocycles. The number of nitrogens with one attached hydrogen (secondary N) is 2. The van der Waals surface area contributed by atoms with Crippen LogP contribution in [-0.2, 0) is 16.1 Å². The monoisotopic (exact) mass is 433 g/mol. The molecule has 6 heteroatoms. The molecule has 130 valence electrons. The Bertz CT molecular complexity index is 551. The first kappa shape index (κ1) is 21.7. The number of nitrogens with zero attached hydrogens (tertiary/aromatic N) is 1. The highest BCUT2D eigenvalue weighted by Crippen LogP contribution is 2.10. The van der Waals surface area contributed by atoms with Gasteiger partial charge in [-0.1, -0.05) is 23.8 Å². The van der Waals surface area contributed by atoms with Crippen LogP contribution in [0.2, 0.25) is 0 Å². The van der Waals surface area contributed by atoms with Gasteiger partial charge in [-0.15, -0.1) is 24.0 Å². The Morgan fingerprint density at radius 1 is 1.22 bits per heavy atom. The topological polar surface area (TPSA) is 62.7 Å². The fourth-order valence-electron chi connectivity index (χ4n) is 1.98. The molecule has 0 unspecified atom stereocenters. The quantitative estimate of drug-likeness (QED) is 0.332. The Hall–Kier alpha value is -1.31. The molecule has 2 N–H and O–H groups in total. The molecule has 0 saturated carbocycles. The molecule has 0 saturated heterocycles. The minimum atomic E-state index is -0.477. The summed E-state index contributed by atoms with van der Waals surface area (Å²) < 4.78 is 5.24. The van der Waals surface area contributed by atoms with Gasteiger partial charge in [0.25, 0.3) is 0 Å². The highest BCUT2D eigenvalue weighted by Gasteiger charge is 2.16. The first-order valence-electron chi connectivity index (χ1n) is 7.44. The van der Waals surface area contributed by atoms with Gasteiger partial charge in [-0.25, -0.2) is 0 Å². The van der Waals surface area contributed by atoms with Crippen LogP contribution in [0.3, 0.4) is 0 Å². The van der Waals surface area contributed by atoms with E-state index in [0.29, 0.717) is 12.5 Å². The predicted octanol–water partition coefficient (Wildman–Crippen LogP) is 2.93. The summed E-state index contributed by atoms with van der Waals surface area (Å²) in [6.45, 7) is 10.4. The maximum absolute atomic E-state index is 11.7. The van der Waals surface area contributed by atoms with Crippen LogP contribution in [0.1, 0.15) is 37.5 Å². The average Bonchev–Trinajstić information content (AvgIpc) is 2.38. The molecule has 0 aliphatic heterocycles. The lowest BCUT2D eigenvalue weighted by Crippen LogP contribution is -2.41. The average molecular weight is 433 g/mol. The summed E-state index contributed by atoms with van der Waals surface area (Å²) in [7, 11) is 1.67. The van der Waals surface area contributed by atoms with Gasteiger partial charge in [-0.2, -0.15) is 0 Å². The van der Waals surface area contributed by atoms with E-state index < -0.39 is 5.60 Å². The van der Waals surface area contributed by atoms with E-state index in [1.54, 1.807) is 7.05 Å². The Labute approximate surface area is 156 Å². The number of aliphatic imine (C=N–C) groups is 1. The van der Waals surface area contributed by atoms with Crippen molar-refractivity contribution in [2.75, 3.05) is 13.6 Å². The van der Waals surface area contributed by atoms with E-state index in [1.807, 2.05) is 20.8 Å². The van der Waals surface area contributed by atoms with Gasteiger partial charge in [0.15, 0.2) is 5.96 Å². The third-order valence-electron chi connectivity index (χ3n) is 2.99. The van der Waals surface area contributed by atoms with Crippen LogP contribution in [0, 0.1) is 13.8 Å². The predicted molar refractivity (Wildman–Crippen MR) is 105 cm³/mol. The molecule has 0 heterocycles. The Kier molecular flexibility index (Phi) is 9.19. The first-order chi connectivity index (χ1) is 10.2. The van der Waals surface area contributed by atoms with Crippen LogP contribution in [-0.4, -0.2) is 31.1 Å². The number of hydrogen-bond donors (Lipinski definition) is 2. The van der Waals surface area contributed by atoms with Crippen LogP contribution >= 0.6 is 24.0 Å². The number of ether oxygens (including phenoxy) is 1. The molecule has 0 radical (unpaired) electrons. The van der Waals surface area contributed by atoms with Gasteiger partial charge in [0, 0.05) is 13.6 Å². The zero-order chi connectivity index (χ0) is 16.8. The lowest BCUT2D eigenvalue weighted by atomic mass is 10.1. The SMILES string of the molecule is CN=C(NCC(=O)OC(C)(C)C)NCc1ccc(C)cc1C.I. The third kappa shape index (κ3) is 8.78. The third-order valence-corrected chi connectivity index (χ3v) is 2.99. The molecule has 0 atom stereocenters. The molecule has 1 rings (SSSR count). The van der Waals surface area contributed by atoms with E-state index in [2.05, 4.69) is 47.7 Å². The van der Waals surface area contributed by atoms with E-state index in [1.165, 1.54) is 16.7 Å². The highest BCUT2D eigenvalue weighted by atomic mass is 127. The van der Waals surface area contributed by atoms with Gasteiger partial charge in [0.1, 0.15) is 12.1 Å². The molecular weight excluding hydrogens is 405 g/mol. The molecule has 1 aromatic rings. The fraction of sp³-hybridized carbons (Fsp3) is 0.529. The lowest BCUT2D eigenvalue weighted by molar-refractivity contribution is -0.153. The zero-order valence-electron chi connectivity index (χ0n) is 14.8. The summed E-state index contributed by atoms with van der Waals surface area (Å²) in [5.74, 6) is 0.271. The van der Waals surface area contributed by atoms with Crippen LogP contribution < -0.4 is 10.6 Å². The number of carbonyl (C=O) groups is 1. The second-order valence-corrected chi connectivity index (χ2v) is 6.30. The number of esters is 1. The van der Waals surface area contributed by atoms with Crippen LogP contribution in [0.15, 0.2) is 23.2 Å². The lowest BCUT2D eigenvalue weighted by Gasteiger charge is -2.20. The number of rotatable bonds is 4. The molecule has 0 aliphatic carbocycles. The second-order valence-electron chi connectivity index (χ2n) is 6.30. The minimum Gasteiger partial charge on any atom is -0.459 e. The number of carbonyl (C=O) groups excluding carboxylic acids is 1. The van der Waals surface area contributed by atoms with Gasteiger partial charge in [-0.05, 0) is 45.7 Å². The van der Waals surface area contributed by atoms with Crippen molar-refractivity contribution in [3.05, 3.63) is 34.9 Å². The first-order valence-corrected chi connectivity index (χ1v) is 7.44. The van der Waals surface area contributed by atoms with Crippen LogP contribution in [0.5, 0.6) is 0 Å². The maximum atomic E-state index is 11.7. The molecular formula is C17H28IN3O2. The summed E-state index contributed by atoms with van der Waals surface area (Å²) in [6.07, 6.45) is 0. The van der Waals surface area contributed by atoms with E-state index >= 15 is 0 Å². The minimum absolute atomic E-state index is 0. The number of halogens is 1. The summed E-state index contributed by atoms with van der Waals surface area (Å²) in [6, 6.07) is 6.33. The van der Waals surface area contributed by atoms with Gasteiger partial charge >= 0.3 is 5.97 Å². The van der Waals surface area contributed by atoms with Crippen molar-refractivity contribution in [2.45, 2.75) is 46.8 Å². The van der Waals surface area contributed by atoms with Crippen molar-refractivity contribution in [1.29, 1.82) is 0 Å². The summed E-state index contributed by atoms with van der Waals surface area (Å²) >= 11 is 0. The number of aryl methyl sites for hydroxylation is 2. The van der Waals surface area contributed by atoms with Crippen molar-refractivity contribution >= 4 is 35.9 Å². The standard InChI is InChI=1S/C17H27N3O2.HI/c1-12-7-8-14(13(2)9-12)10-19-16(18-6)20-11-15(21)22-17(3,4)5;/h7-9H,10-11H2,1-6H3,(H2,18,19,20);1H. The Balaban J connectivity index is 0.00000484. The van der Waals surface area contributed by atoms with E-state index in [9.17, 15) is 4.79 Å². The molecule has 0 amide bonds. The number of hydrogen-bond acceptors (Lipinski definition) is 3. The van der Waals surface area contributed by atoms with Crippen molar-refractivity contribution in [3.63, 3.8) is 0 Å². The molecule has 0 aliphatic rings. The Morgan fingerprint density at radius 3 is 2.39 bits per heavy atom. The number of guanidine groups is 1. The Morgan fingerprint density at radius 2 is 1.87 bits per heavy atom. The summed E-state index contributed by atoms with van der Waals surface area (Å²) in [4.78, 5) is 15.8. The van der Waals surface area contributed by atoms with Gasteiger partial charge in [0.05, 0.1) is 0 Å². The normalized spacial score (nSPS) is 11.5. The molecule has 5 nitrogen and oxygen atoms in total. The maximum Gasteiger partial charge on any atom is 0.325 e. The molecule has 0 bridgehead atoms. The van der Waals surface area contributed by atoms with Crippen molar-refractivity contribution in [3.8, 4) is 0 Å². The van der Waals surface area contributed by atoms with Gasteiger partial charge < -0.3 is 15.4 Å². The van der Waals surface area contributed by atoms with Crippen molar-refractivity contribution in [1.82, 2.24) is 10.6 Å². The van der Waals surface area contributed by atoms with E-state index in [-0.39, 0.29) is 36.5 Å². The highest BCUT2D eigenvalue weighted by molar-refractivity contribution is 14.0. The van der Waals surface area contributed by atoms with Gasteiger partial charge in [-0.3, -0.25) is 9.79 Å². The number of benzene rings is 1. The molecule has 0 aromatic heterocycles. The van der Waals surface area contributed by atoms with Crippen molar-refractivity contribution < 1.29 is 9.53 Å². The fourth-order valence-corrected chi connectivity index (χ4v) is 1.98. The summed E-state index contributed by atoms with van der Waals surface area (Å²) in [5.41, 5.74) is 3.20. The molecule has 0 fully saturated rings.